The molecule has 0 bridgehead atoms. The van der Waals surface area contributed by atoms with Gasteiger partial charge in [0.05, 0.1) is 14.2 Å². The van der Waals surface area contributed by atoms with Crippen LogP contribution in [0.15, 0.2) is 48.5 Å². The molecule has 2 aromatic carbocycles. The van der Waals surface area contributed by atoms with Gasteiger partial charge < -0.3 is 14.8 Å². The van der Waals surface area contributed by atoms with E-state index in [0.717, 1.165) is 0 Å². The van der Waals surface area contributed by atoms with Gasteiger partial charge in [0.15, 0.2) is 11.5 Å². The highest BCUT2D eigenvalue weighted by Gasteiger charge is 2.12. The first kappa shape index (κ1) is 15.9. The van der Waals surface area contributed by atoms with Gasteiger partial charge >= 0.3 is 0 Å². The maximum absolute atomic E-state index is 12.2. The molecule has 0 aliphatic carbocycles. The van der Waals surface area contributed by atoms with Crippen molar-refractivity contribution in [3.63, 3.8) is 0 Å². The van der Waals surface area contributed by atoms with Crippen molar-refractivity contribution in [1.82, 2.24) is 5.32 Å². The van der Waals surface area contributed by atoms with Crippen LogP contribution in [-0.4, -0.2) is 26.7 Å². The van der Waals surface area contributed by atoms with E-state index in [9.17, 15) is 4.79 Å². The largest absolute Gasteiger partial charge is 0.493 e. The summed E-state index contributed by atoms with van der Waals surface area (Å²) in [4.78, 5) is 12.2. The zero-order valence-corrected chi connectivity index (χ0v) is 13.1. The normalized spacial score (nSPS) is 11.6. The minimum atomic E-state index is -0.122. The smallest absolute Gasteiger partial charge is 0.251 e. The van der Waals surface area contributed by atoms with Gasteiger partial charge in [-0.25, -0.2) is 0 Å². The lowest BCUT2D eigenvalue weighted by Gasteiger charge is -2.14. The van der Waals surface area contributed by atoms with Crippen molar-refractivity contribution in [2.24, 2.45) is 0 Å². The molecule has 1 amide bonds. The number of methoxy groups -OCH3 is 2. The summed E-state index contributed by atoms with van der Waals surface area (Å²) >= 11 is 0. The Labute approximate surface area is 131 Å². The molecule has 116 valence electrons. The van der Waals surface area contributed by atoms with Gasteiger partial charge in [0.1, 0.15) is 0 Å². The van der Waals surface area contributed by atoms with Crippen LogP contribution < -0.4 is 14.8 Å². The molecule has 0 aromatic heterocycles. The van der Waals surface area contributed by atoms with Gasteiger partial charge in [-0.15, -0.1) is 0 Å². The Balaban J connectivity index is 2.00. The zero-order chi connectivity index (χ0) is 15.9. The molecule has 1 N–H and O–H groups in total. The second-order valence-corrected chi connectivity index (χ2v) is 5.09. The lowest BCUT2D eigenvalue weighted by atomic mass is 10.0. The van der Waals surface area contributed by atoms with E-state index in [1.165, 1.54) is 5.56 Å². The van der Waals surface area contributed by atoms with Gasteiger partial charge in [-0.1, -0.05) is 37.3 Å². The fourth-order valence-corrected chi connectivity index (χ4v) is 2.22. The van der Waals surface area contributed by atoms with Crippen molar-refractivity contribution >= 4 is 5.91 Å². The first-order chi connectivity index (χ1) is 10.7. The molecule has 4 nitrogen and oxygen atoms in total. The van der Waals surface area contributed by atoms with Gasteiger partial charge in [-0.3, -0.25) is 4.79 Å². The van der Waals surface area contributed by atoms with Gasteiger partial charge in [0.2, 0.25) is 0 Å². The number of benzene rings is 2. The topological polar surface area (TPSA) is 47.6 Å². The number of rotatable bonds is 6. The molecule has 0 aliphatic heterocycles. The minimum Gasteiger partial charge on any atom is -0.493 e. The lowest BCUT2D eigenvalue weighted by Crippen LogP contribution is -2.27. The summed E-state index contributed by atoms with van der Waals surface area (Å²) in [7, 11) is 3.12. The SMILES string of the molecule is COc1ccc(C(=O)NC[C@@H](C)c2ccccc2)cc1OC. The Morgan fingerprint density at radius 2 is 1.73 bits per heavy atom. The van der Waals surface area contributed by atoms with Crippen LogP contribution in [0.3, 0.4) is 0 Å². The zero-order valence-electron chi connectivity index (χ0n) is 13.1. The number of nitrogens with one attached hydrogen (secondary N) is 1. The summed E-state index contributed by atoms with van der Waals surface area (Å²) in [5.41, 5.74) is 1.76. The minimum absolute atomic E-state index is 0.122. The van der Waals surface area contributed by atoms with E-state index in [4.69, 9.17) is 9.47 Å². The van der Waals surface area contributed by atoms with Gasteiger partial charge in [0.25, 0.3) is 5.91 Å². The fourth-order valence-electron chi connectivity index (χ4n) is 2.22. The van der Waals surface area contributed by atoms with Gasteiger partial charge in [-0.2, -0.15) is 0 Å². The van der Waals surface area contributed by atoms with E-state index in [2.05, 4.69) is 24.4 Å². The summed E-state index contributed by atoms with van der Waals surface area (Å²) in [6.45, 7) is 2.67. The number of hydrogen-bond acceptors (Lipinski definition) is 3. The first-order valence-electron chi connectivity index (χ1n) is 7.21. The first-order valence-corrected chi connectivity index (χ1v) is 7.21. The van der Waals surface area contributed by atoms with Gasteiger partial charge in [0, 0.05) is 12.1 Å². The van der Waals surface area contributed by atoms with Crippen LogP contribution in [0.2, 0.25) is 0 Å². The number of amides is 1. The highest BCUT2D eigenvalue weighted by Crippen LogP contribution is 2.27. The number of hydrogen-bond donors (Lipinski definition) is 1. The van der Waals surface area contributed by atoms with Crippen LogP contribution in [0.4, 0.5) is 0 Å². The average molecular weight is 299 g/mol. The highest BCUT2D eigenvalue weighted by atomic mass is 16.5. The molecule has 0 saturated heterocycles. The molecule has 22 heavy (non-hydrogen) atoms. The quantitative estimate of drug-likeness (QED) is 0.891. The summed E-state index contributed by atoms with van der Waals surface area (Å²) in [5.74, 6) is 1.29. The maximum Gasteiger partial charge on any atom is 0.251 e. The Bertz CT molecular complexity index is 625. The molecule has 0 heterocycles. The molecule has 0 fully saturated rings. The predicted molar refractivity (Wildman–Crippen MR) is 86.7 cm³/mol. The van der Waals surface area contributed by atoms with E-state index in [1.807, 2.05) is 18.2 Å². The average Bonchev–Trinajstić information content (AvgIpc) is 2.59. The number of carbonyl (C=O) groups excluding carboxylic acids is 1. The van der Waals surface area contributed by atoms with Crippen molar-refractivity contribution in [2.45, 2.75) is 12.8 Å². The van der Waals surface area contributed by atoms with Crippen LogP contribution >= 0.6 is 0 Å². The van der Waals surface area contributed by atoms with Crippen LogP contribution in [0.5, 0.6) is 11.5 Å². The summed E-state index contributed by atoms with van der Waals surface area (Å²) in [6, 6.07) is 15.3. The third-order valence-corrected chi connectivity index (χ3v) is 3.58. The third-order valence-electron chi connectivity index (χ3n) is 3.58. The van der Waals surface area contributed by atoms with Crippen molar-refractivity contribution < 1.29 is 14.3 Å². The van der Waals surface area contributed by atoms with Crippen LogP contribution in [0.1, 0.15) is 28.8 Å². The molecule has 4 heteroatoms. The Morgan fingerprint density at radius 1 is 1.05 bits per heavy atom. The van der Waals surface area contributed by atoms with Crippen molar-refractivity contribution in [3.05, 3.63) is 59.7 Å². The molecule has 0 unspecified atom stereocenters. The lowest BCUT2D eigenvalue weighted by molar-refractivity contribution is 0.0951. The summed E-state index contributed by atoms with van der Waals surface area (Å²) in [5, 5.41) is 2.95. The molecule has 0 saturated carbocycles. The Hall–Kier alpha value is -2.49. The molecular formula is C18H21NO3. The third kappa shape index (κ3) is 3.79. The Kier molecular flexibility index (Phi) is 5.42. The number of carbonyl (C=O) groups is 1. The fraction of sp³-hybridized carbons (Fsp3) is 0.278. The molecule has 1 atom stereocenters. The molecule has 0 spiro atoms. The van der Waals surface area contributed by atoms with E-state index >= 15 is 0 Å². The predicted octanol–water partition coefficient (Wildman–Crippen LogP) is 3.24. The van der Waals surface area contributed by atoms with Crippen LogP contribution in [-0.2, 0) is 0 Å². The standard InChI is InChI=1S/C18H21NO3/c1-13(14-7-5-4-6-8-14)12-19-18(20)15-9-10-16(21-2)17(11-15)22-3/h4-11,13H,12H2,1-3H3,(H,19,20)/t13-/m1/s1. The van der Waals surface area contributed by atoms with Crippen molar-refractivity contribution in [3.8, 4) is 11.5 Å². The van der Waals surface area contributed by atoms with E-state index in [0.29, 0.717) is 23.6 Å². The molecular weight excluding hydrogens is 278 g/mol. The van der Waals surface area contributed by atoms with Crippen molar-refractivity contribution in [2.75, 3.05) is 20.8 Å². The highest BCUT2D eigenvalue weighted by molar-refractivity contribution is 5.94. The van der Waals surface area contributed by atoms with E-state index in [-0.39, 0.29) is 11.8 Å². The second-order valence-electron chi connectivity index (χ2n) is 5.09. The molecule has 2 rings (SSSR count). The Morgan fingerprint density at radius 3 is 2.36 bits per heavy atom. The molecule has 0 aliphatic rings. The van der Waals surface area contributed by atoms with Gasteiger partial charge in [-0.05, 0) is 29.7 Å². The van der Waals surface area contributed by atoms with Crippen molar-refractivity contribution in [1.29, 1.82) is 0 Å². The van der Waals surface area contributed by atoms with Crippen LogP contribution in [0, 0.1) is 0 Å². The van der Waals surface area contributed by atoms with Crippen LogP contribution in [0.25, 0.3) is 0 Å². The van der Waals surface area contributed by atoms with E-state index < -0.39 is 0 Å². The summed E-state index contributed by atoms with van der Waals surface area (Å²) < 4.78 is 10.4. The second kappa shape index (κ2) is 7.50. The maximum atomic E-state index is 12.2. The molecule has 0 radical (unpaired) electrons. The van der Waals surface area contributed by atoms with E-state index in [1.54, 1.807) is 32.4 Å². The monoisotopic (exact) mass is 299 g/mol. The number of ether oxygens (including phenoxy) is 2. The summed E-state index contributed by atoms with van der Waals surface area (Å²) in [6.07, 6.45) is 0. The molecule has 2 aromatic rings.